The van der Waals surface area contributed by atoms with Gasteiger partial charge >= 0.3 is 25.7 Å². The van der Waals surface area contributed by atoms with Crippen LogP contribution in [-0.2, 0) is 46.9 Å². The molecule has 0 saturated carbocycles. The Bertz CT molecular complexity index is 1690. The van der Waals surface area contributed by atoms with Crippen molar-refractivity contribution in [3.05, 3.63) is 23.0 Å². The van der Waals surface area contributed by atoms with Gasteiger partial charge in [-0.15, -0.1) is 0 Å². The molecule has 2 N–H and O–H groups in total. The lowest BCUT2D eigenvalue weighted by molar-refractivity contribution is -0.167. The Labute approximate surface area is 407 Å². The molecule has 0 aromatic carbocycles. The maximum Gasteiger partial charge on any atom is 0.472 e. The molecule has 1 fully saturated rings. The smallest absolute Gasteiger partial charge is 0.462 e. The van der Waals surface area contributed by atoms with Crippen LogP contribution in [0.1, 0.15) is 238 Å². The molecule has 3 heterocycles. The van der Waals surface area contributed by atoms with Crippen LogP contribution in [0.4, 0.5) is 0 Å². The van der Waals surface area contributed by atoms with Crippen LogP contribution in [0.5, 0.6) is 0 Å². The van der Waals surface area contributed by atoms with Gasteiger partial charge < -0.3 is 28.8 Å². The number of unbranched alkanes of at least 4 members (excludes halogenated alkanes) is 26. The second-order valence-electron chi connectivity index (χ2n) is 18.7. The first-order valence-corrected chi connectivity index (χ1v) is 28.3. The number of esters is 3. The number of imidazole rings is 1. The number of hydrogen-bond acceptors (Lipinski definition) is 13. The molecule has 3 atom stereocenters. The van der Waals surface area contributed by atoms with E-state index in [0.717, 1.165) is 38.5 Å². The molecule has 16 nitrogen and oxygen atoms in total. The first kappa shape index (κ1) is 59.1. The lowest BCUT2D eigenvalue weighted by Crippen LogP contribution is -2.30. The molecule has 3 rings (SSSR count). The lowest BCUT2D eigenvalue weighted by Gasteiger charge is -2.18. The van der Waals surface area contributed by atoms with Crippen molar-refractivity contribution in [2.45, 2.75) is 251 Å². The van der Waals surface area contributed by atoms with Gasteiger partial charge in [0.05, 0.1) is 32.0 Å². The summed E-state index contributed by atoms with van der Waals surface area (Å²) in [5, 5.41) is 0. The number of hydrogen-bond donors (Lipinski definition) is 2. The molecule has 390 valence electrons. The van der Waals surface area contributed by atoms with E-state index in [1.165, 1.54) is 141 Å². The van der Waals surface area contributed by atoms with Crippen molar-refractivity contribution < 1.29 is 51.8 Å². The van der Waals surface area contributed by atoms with Gasteiger partial charge in [-0.3, -0.25) is 32.8 Å². The van der Waals surface area contributed by atoms with Crippen LogP contribution in [-0.4, -0.2) is 81.0 Å². The Hall–Kier alpha value is -3.17. The quantitative estimate of drug-likeness (QED) is 0.0274. The molecular formula is C51H89N4O12P. The van der Waals surface area contributed by atoms with Crippen LogP contribution in [0, 0.1) is 0 Å². The minimum atomic E-state index is -4.36. The minimum absolute atomic E-state index is 0.0554. The van der Waals surface area contributed by atoms with Gasteiger partial charge in [0, 0.05) is 19.3 Å². The molecule has 68 heavy (non-hydrogen) atoms. The Morgan fingerprint density at radius 1 is 0.662 bits per heavy atom. The van der Waals surface area contributed by atoms with E-state index in [0.29, 0.717) is 37.8 Å². The maximum atomic E-state index is 12.9. The van der Waals surface area contributed by atoms with Crippen LogP contribution in [0.3, 0.4) is 0 Å². The fraction of sp³-hybridized carbons (Fsp3) is 0.843. The van der Waals surface area contributed by atoms with Crippen molar-refractivity contribution in [3.8, 4) is 0 Å². The Kier molecular flexibility index (Phi) is 32.7. The number of nitrogens with zero attached hydrogens (tertiary/aromatic N) is 3. The number of phosphoric acid groups is 1. The highest BCUT2D eigenvalue weighted by Crippen LogP contribution is 2.44. The van der Waals surface area contributed by atoms with Crippen LogP contribution >= 0.6 is 7.82 Å². The van der Waals surface area contributed by atoms with Gasteiger partial charge in [0.25, 0.3) is 5.56 Å². The number of carbonyl (C=O) groups is 3. The molecule has 1 aliphatic heterocycles. The summed E-state index contributed by atoms with van der Waals surface area (Å²) in [6.45, 7) is 3.87. The predicted octanol–water partition coefficient (Wildman–Crippen LogP) is 12.5. The van der Waals surface area contributed by atoms with Gasteiger partial charge in [-0.1, -0.05) is 174 Å². The van der Waals surface area contributed by atoms with Gasteiger partial charge in [0.2, 0.25) is 0 Å². The van der Waals surface area contributed by atoms with E-state index in [4.69, 9.17) is 28.0 Å². The van der Waals surface area contributed by atoms with Crippen LogP contribution in [0.15, 0.2) is 17.4 Å². The SMILES string of the molecule is CCCCCCCCCCCCCCCC(=O)OCC(COC(=O)CCCCCCCCCCCCCCC)OC(=O)CCCCCOP(=O)(O)OC[C@@H]1CC[C@H](n2cnc3c(=O)[nH]cnc32)O1. The number of nitrogens with one attached hydrogen (secondary N) is 1. The van der Waals surface area contributed by atoms with E-state index in [2.05, 4.69) is 28.8 Å². The Morgan fingerprint density at radius 2 is 1.12 bits per heavy atom. The number of rotatable bonds is 44. The molecule has 1 unspecified atom stereocenters. The zero-order valence-electron chi connectivity index (χ0n) is 42.0. The highest BCUT2D eigenvalue weighted by atomic mass is 31.2. The highest BCUT2D eigenvalue weighted by molar-refractivity contribution is 7.47. The third-order valence-corrected chi connectivity index (χ3v) is 13.6. The molecule has 0 amide bonds. The van der Waals surface area contributed by atoms with Crippen LogP contribution < -0.4 is 5.56 Å². The number of ether oxygens (including phenoxy) is 4. The first-order chi connectivity index (χ1) is 33.1. The second kappa shape index (κ2) is 37.6. The van der Waals surface area contributed by atoms with Crippen molar-refractivity contribution in [2.75, 3.05) is 26.4 Å². The number of aromatic nitrogens is 4. The number of phosphoric ester groups is 1. The molecule has 1 aliphatic rings. The summed E-state index contributed by atoms with van der Waals surface area (Å²) in [5.74, 6) is -1.25. The average molecular weight is 981 g/mol. The second-order valence-corrected chi connectivity index (χ2v) is 20.2. The number of fused-ring (bicyclic) bond motifs is 1. The van der Waals surface area contributed by atoms with E-state index < -0.39 is 32.2 Å². The van der Waals surface area contributed by atoms with E-state index in [-0.39, 0.29) is 68.7 Å². The van der Waals surface area contributed by atoms with Crippen LogP contribution in [0.25, 0.3) is 11.2 Å². The average Bonchev–Trinajstić information content (AvgIpc) is 3.99. The summed E-state index contributed by atoms with van der Waals surface area (Å²) in [6, 6.07) is 0. The molecule has 1 saturated heterocycles. The summed E-state index contributed by atoms with van der Waals surface area (Å²) >= 11 is 0. The third kappa shape index (κ3) is 27.9. The highest BCUT2D eigenvalue weighted by Gasteiger charge is 2.31. The van der Waals surface area contributed by atoms with Gasteiger partial charge in [-0.05, 0) is 38.5 Å². The van der Waals surface area contributed by atoms with Gasteiger partial charge in [0.15, 0.2) is 17.3 Å². The first-order valence-electron chi connectivity index (χ1n) is 26.8. The third-order valence-electron chi connectivity index (χ3n) is 12.6. The molecule has 0 bridgehead atoms. The van der Waals surface area contributed by atoms with Crippen molar-refractivity contribution in [2.24, 2.45) is 0 Å². The summed E-state index contributed by atoms with van der Waals surface area (Å²) in [6.07, 6.45) is 35.5. The molecule has 0 aliphatic carbocycles. The van der Waals surface area contributed by atoms with Crippen molar-refractivity contribution in [1.82, 2.24) is 19.5 Å². The van der Waals surface area contributed by atoms with E-state index in [9.17, 15) is 28.6 Å². The van der Waals surface area contributed by atoms with E-state index in [1.54, 1.807) is 4.57 Å². The standard InChI is InChI=1S/C51H89N4O12P/c1-3-5-7-9-11-13-15-17-19-21-23-25-28-32-46(56)62-38-44(39-63-47(57)33-29-26-24-22-20-18-16-14-12-10-8-6-4-2)67-48(58)34-30-27-31-37-64-68(60,61)65-40-43-35-36-45(66-43)55-42-54-49-50(55)52-41-53-51(49)59/h41-45H,3-40H2,1-2H3,(H,60,61)(H,52,53,59)/t43-,45+/m0/s1. The van der Waals surface area contributed by atoms with E-state index in [1.807, 2.05) is 0 Å². The largest absolute Gasteiger partial charge is 0.472 e. The van der Waals surface area contributed by atoms with Crippen molar-refractivity contribution >= 4 is 36.9 Å². The number of H-pyrrole nitrogens is 1. The minimum Gasteiger partial charge on any atom is -0.462 e. The summed E-state index contributed by atoms with van der Waals surface area (Å²) in [5.41, 5.74) is 0.232. The summed E-state index contributed by atoms with van der Waals surface area (Å²) in [7, 11) is -4.36. The fourth-order valence-corrected chi connectivity index (χ4v) is 9.27. The van der Waals surface area contributed by atoms with Gasteiger partial charge in [-0.25, -0.2) is 14.5 Å². The molecule has 0 radical (unpaired) electrons. The maximum absolute atomic E-state index is 12.9. The number of aromatic amines is 1. The molecular weight excluding hydrogens is 892 g/mol. The monoisotopic (exact) mass is 981 g/mol. The summed E-state index contributed by atoms with van der Waals surface area (Å²) < 4.78 is 47.2. The van der Waals surface area contributed by atoms with Gasteiger partial charge in [-0.2, -0.15) is 0 Å². The van der Waals surface area contributed by atoms with Crippen LogP contribution in [0.2, 0.25) is 0 Å². The molecule has 0 spiro atoms. The Morgan fingerprint density at radius 3 is 1.62 bits per heavy atom. The fourth-order valence-electron chi connectivity index (χ4n) is 8.48. The Balaban J connectivity index is 1.29. The molecule has 17 heteroatoms. The molecule has 2 aromatic heterocycles. The van der Waals surface area contributed by atoms with Gasteiger partial charge in [0.1, 0.15) is 19.4 Å². The zero-order chi connectivity index (χ0) is 48.9. The summed E-state index contributed by atoms with van der Waals surface area (Å²) in [4.78, 5) is 71.1. The predicted molar refractivity (Wildman–Crippen MR) is 264 cm³/mol. The van der Waals surface area contributed by atoms with Crippen molar-refractivity contribution in [1.29, 1.82) is 0 Å². The normalized spacial score (nSPS) is 15.8. The topological polar surface area (TPSA) is 207 Å². The zero-order valence-corrected chi connectivity index (χ0v) is 42.9. The van der Waals surface area contributed by atoms with E-state index >= 15 is 0 Å². The lowest BCUT2D eigenvalue weighted by atomic mass is 10.0. The van der Waals surface area contributed by atoms with Crippen molar-refractivity contribution in [3.63, 3.8) is 0 Å². The molecule has 2 aromatic rings. The number of carbonyl (C=O) groups excluding carboxylic acids is 3.